The molecule has 1 saturated heterocycles. The Morgan fingerprint density at radius 3 is 2.17 bits per heavy atom. The molecule has 2 aromatic heterocycles. The minimum absolute atomic E-state index is 0.124. The highest BCUT2D eigenvalue weighted by Gasteiger charge is 2.45. The summed E-state index contributed by atoms with van der Waals surface area (Å²) in [6.45, 7) is -0.942. The maximum atomic E-state index is 13.5. The number of hydrogen-bond acceptors (Lipinski definition) is 6. The molecule has 1 fully saturated rings. The van der Waals surface area contributed by atoms with Gasteiger partial charge in [-0.3, -0.25) is 0 Å². The summed E-state index contributed by atoms with van der Waals surface area (Å²) >= 11 is 18.9. The van der Waals surface area contributed by atoms with E-state index >= 15 is 0 Å². The molecule has 0 amide bonds. The topological polar surface area (TPSA) is 60.4 Å². The van der Waals surface area contributed by atoms with Crippen LogP contribution in [-0.4, -0.2) is 48.2 Å². The second-order valence-corrected chi connectivity index (χ2v) is 7.53. The summed E-state index contributed by atoms with van der Waals surface area (Å²) in [5.74, 6) is -1.77. The average molecular weight is 462 g/mol. The number of aromatic nitrogens is 3. The molecule has 152 valence electrons. The lowest BCUT2D eigenvalue weighted by molar-refractivity contribution is -0.0265. The predicted molar refractivity (Wildman–Crippen MR) is 108 cm³/mol. The molecule has 1 aliphatic heterocycles. The standard InChI is InChI=1S/C18H13Cl3F2N4O2/c1-28-10-4-11(29-2)15(21)13(14(10)20)16-25-9-5-24-12(19)3-8(9)17(26-16)27-6-18(22,23)7-27/h3-5H,6-7H2,1-2H3. The molecular weight excluding hydrogens is 449 g/mol. The first-order chi connectivity index (χ1) is 13.7. The van der Waals surface area contributed by atoms with Crippen molar-refractivity contribution in [3.05, 3.63) is 33.5 Å². The monoisotopic (exact) mass is 460 g/mol. The Morgan fingerprint density at radius 2 is 1.62 bits per heavy atom. The summed E-state index contributed by atoms with van der Waals surface area (Å²) in [7, 11) is 2.89. The molecule has 0 aliphatic carbocycles. The summed E-state index contributed by atoms with van der Waals surface area (Å²) in [5, 5.41) is 1.02. The third-order valence-corrected chi connectivity index (χ3v) is 5.43. The quantitative estimate of drug-likeness (QED) is 0.502. The number of ether oxygens (including phenoxy) is 2. The largest absolute Gasteiger partial charge is 0.495 e. The summed E-state index contributed by atoms with van der Waals surface area (Å²) in [6.07, 6.45) is 1.43. The summed E-state index contributed by atoms with van der Waals surface area (Å²) in [6, 6.07) is 3.06. The van der Waals surface area contributed by atoms with Crippen molar-refractivity contribution < 1.29 is 18.3 Å². The van der Waals surface area contributed by atoms with Crippen LogP contribution in [0.3, 0.4) is 0 Å². The van der Waals surface area contributed by atoms with E-state index in [-0.39, 0.29) is 32.4 Å². The first-order valence-corrected chi connectivity index (χ1v) is 9.44. The third-order valence-electron chi connectivity index (χ3n) is 4.47. The Balaban J connectivity index is 1.98. The van der Waals surface area contributed by atoms with Crippen LogP contribution in [-0.2, 0) is 0 Å². The Hall–Kier alpha value is -2.16. The third kappa shape index (κ3) is 3.49. The number of benzene rings is 1. The van der Waals surface area contributed by atoms with Crippen LogP contribution in [0.5, 0.6) is 11.5 Å². The molecular formula is C18H13Cl3F2N4O2. The number of rotatable bonds is 4. The molecule has 0 unspecified atom stereocenters. The second-order valence-electron chi connectivity index (χ2n) is 6.39. The van der Waals surface area contributed by atoms with E-state index in [9.17, 15) is 8.78 Å². The molecule has 1 aliphatic rings. The minimum atomic E-state index is -2.79. The maximum Gasteiger partial charge on any atom is 0.282 e. The predicted octanol–water partition coefficient (Wildman–Crippen LogP) is 5.12. The lowest BCUT2D eigenvalue weighted by Crippen LogP contribution is -2.56. The van der Waals surface area contributed by atoms with Gasteiger partial charge < -0.3 is 14.4 Å². The van der Waals surface area contributed by atoms with E-state index in [0.29, 0.717) is 22.4 Å². The Labute approximate surface area is 179 Å². The van der Waals surface area contributed by atoms with Crippen molar-refractivity contribution in [1.29, 1.82) is 0 Å². The molecule has 11 heteroatoms. The van der Waals surface area contributed by atoms with Crippen LogP contribution in [0.4, 0.5) is 14.6 Å². The van der Waals surface area contributed by atoms with E-state index in [1.807, 2.05) is 0 Å². The average Bonchev–Trinajstić information content (AvgIpc) is 2.66. The maximum absolute atomic E-state index is 13.5. The van der Waals surface area contributed by atoms with E-state index in [1.54, 1.807) is 0 Å². The van der Waals surface area contributed by atoms with Crippen molar-refractivity contribution in [2.75, 3.05) is 32.2 Å². The van der Waals surface area contributed by atoms with Gasteiger partial charge >= 0.3 is 0 Å². The lowest BCUT2D eigenvalue weighted by Gasteiger charge is -2.40. The van der Waals surface area contributed by atoms with Crippen LogP contribution in [0.2, 0.25) is 15.2 Å². The normalized spacial score (nSPS) is 15.3. The van der Waals surface area contributed by atoms with Gasteiger partial charge in [0.05, 0.1) is 54.6 Å². The summed E-state index contributed by atoms with van der Waals surface area (Å²) in [5.41, 5.74) is 0.661. The molecule has 4 rings (SSSR count). The molecule has 0 spiro atoms. The van der Waals surface area contributed by atoms with Gasteiger partial charge in [0.25, 0.3) is 5.92 Å². The van der Waals surface area contributed by atoms with Gasteiger partial charge in [-0.15, -0.1) is 0 Å². The molecule has 0 bridgehead atoms. The molecule has 3 heterocycles. The zero-order valence-corrected chi connectivity index (χ0v) is 17.4. The van der Waals surface area contributed by atoms with E-state index in [0.717, 1.165) is 0 Å². The van der Waals surface area contributed by atoms with Crippen molar-refractivity contribution in [1.82, 2.24) is 15.0 Å². The van der Waals surface area contributed by atoms with Gasteiger partial charge in [0.2, 0.25) is 0 Å². The number of halogens is 5. The van der Waals surface area contributed by atoms with Crippen molar-refractivity contribution in [2.45, 2.75) is 5.92 Å². The van der Waals surface area contributed by atoms with Crippen molar-refractivity contribution >= 4 is 51.5 Å². The molecule has 0 saturated carbocycles. The first kappa shape index (κ1) is 20.1. The Kier molecular flexibility index (Phi) is 5.04. The van der Waals surface area contributed by atoms with Crippen LogP contribution in [0.15, 0.2) is 18.3 Å². The fourth-order valence-corrected chi connectivity index (χ4v) is 3.91. The van der Waals surface area contributed by atoms with E-state index in [1.165, 1.54) is 37.4 Å². The number of pyridine rings is 1. The number of anilines is 1. The van der Waals surface area contributed by atoms with E-state index < -0.39 is 19.0 Å². The lowest BCUT2D eigenvalue weighted by atomic mass is 10.1. The summed E-state index contributed by atoms with van der Waals surface area (Å²) < 4.78 is 37.6. The van der Waals surface area contributed by atoms with Crippen LogP contribution in [0.25, 0.3) is 22.3 Å². The first-order valence-electron chi connectivity index (χ1n) is 8.30. The van der Waals surface area contributed by atoms with Gasteiger partial charge in [0.15, 0.2) is 5.82 Å². The fourth-order valence-electron chi connectivity index (χ4n) is 3.09. The zero-order chi connectivity index (χ0) is 20.9. The van der Waals surface area contributed by atoms with Crippen LogP contribution in [0.1, 0.15) is 0 Å². The number of fused-ring (bicyclic) bond motifs is 1. The number of nitrogens with zero attached hydrogens (tertiary/aromatic N) is 4. The summed E-state index contributed by atoms with van der Waals surface area (Å²) in [4.78, 5) is 14.4. The van der Waals surface area contributed by atoms with Gasteiger partial charge in [0, 0.05) is 11.5 Å². The minimum Gasteiger partial charge on any atom is -0.495 e. The highest BCUT2D eigenvalue weighted by atomic mass is 35.5. The smallest absolute Gasteiger partial charge is 0.282 e. The number of alkyl halides is 2. The van der Waals surface area contributed by atoms with Gasteiger partial charge in [-0.2, -0.15) is 0 Å². The van der Waals surface area contributed by atoms with Crippen LogP contribution < -0.4 is 14.4 Å². The van der Waals surface area contributed by atoms with Crippen molar-refractivity contribution in [2.24, 2.45) is 0 Å². The fraction of sp³-hybridized carbons (Fsp3) is 0.278. The van der Waals surface area contributed by atoms with E-state index in [2.05, 4.69) is 15.0 Å². The number of hydrogen-bond donors (Lipinski definition) is 0. The van der Waals surface area contributed by atoms with Crippen molar-refractivity contribution in [3.8, 4) is 22.9 Å². The molecule has 1 aromatic carbocycles. The van der Waals surface area contributed by atoms with Crippen molar-refractivity contribution in [3.63, 3.8) is 0 Å². The second kappa shape index (κ2) is 7.27. The van der Waals surface area contributed by atoms with E-state index in [4.69, 9.17) is 44.3 Å². The highest BCUT2D eigenvalue weighted by molar-refractivity contribution is 6.41. The molecule has 3 aromatic rings. The highest BCUT2D eigenvalue weighted by Crippen LogP contribution is 2.46. The zero-order valence-electron chi connectivity index (χ0n) is 15.1. The molecule has 0 N–H and O–H groups in total. The molecule has 0 atom stereocenters. The van der Waals surface area contributed by atoms with Gasteiger partial charge in [-0.25, -0.2) is 23.7 Å². The van der Waals surface area contributed by atoms with Crippen LogP contribution >= 0.6 is 34.8 Å². The van der Waals surface area contributed by atoms with Crippen LogP contribution in [0, 0.1) is 0 Å². The number of methoxy groups -OCH3 is 2. The Morgan fingerprint density at radius 1 is 1.00 bits per heavy atom. The molecule has 29 heavy (non-hydrogen) atoms. The van der Waals surface area contributed by atoms with Gasteiger partial charge in [-0.1, -0.05) is 34.8 Å². The SMILES string of the molecule is COc1cc(OC)c(Cl)c(-c2nc(N3CC(F)(F)C3)c3cc(Cl)ncc3n2)c1Cl. The van der Waals surface area contributed by atoms with Gasteiger partial charge in [-0.05, 0) is 6.07 Å². The molecule has 6 nitrogen and oxygen atoms in total. The van der Waals surface area contributed by atoms with Gasteiger partial charge in [0.1, 0.15) is 22.5 Å². The Bertz CT molecular complexity index is 1090. The molecule has 0 radical (unpaired) electrons.